The van der Waals surface area contributed by atoms with Crippen molar-refractivity contribution in [3.63, 3.8) is 0 Å². The van der Waals surface area contributed by atoms with Crippen LogP contribution in [0.4, 0.5) is 11.8 Å². The molecule has 0 saturated carbocycles. The van der Waals surface area contributed by atoms with E-state index in [1.165, 1.54) is 0 Å². The van der Waals surface area contributed by atoms with Crippen molar-refractivity contribution in [1.82, 2.24) is 9.97 Å². The summed E-state index contributed by atoms with van der Waals surface area (Å²) in [6, 6.07) is 11.6. The summed E-state index contributed by atoms with van der Waals surface area (Å²) in [6.45, 7) is 3.66. The molecule has 5 nitrogen and oxygen atoms in total. The first-order chi connectivity index (χ1) is 10.2. The highest BCUT2D eigenvalue weighted by atomic mass is 15.2. The fourth-order valence-electron chi connectivity index (χ4n) is 1.98. The first-order valence-corrected chi connectivity index (χ1v) is 7.00. The second-order valence-electron chi connectivity index (χ2n) is 4.83. The van der Waals surface area contributed by atoms with Gasteiger partial charge in [0, 0.05) is 26.3 Å². The predicted molar refractivity (Wildman–Crippen MR) is 84.1 cm³/mol. The third-order valence-electron chi connectivity index (χ3n) is 3.04. The van der Waals surface area contributed by atoms with Crippen molar-refractivity contribution in [3.8, 4) is 6.07 Å². The standard InChI is InChI=1S/C16H19N5/c1-3-8-18-16-19-9-7-15(20-16)21(2)12-14-6-4-5-13(10-14)11-17/h4-7,9-10H,3,8,12H2,1-2H3,(H,18,19,20). The van der Waals surface area contributed by atoms with Gasteiger partial charge in [-0.15, -0.1) is 0 Å². The Hall–Kier alpha value is -2.61. The van der Waals surface area contributed by atoms with Gasteiger partial charge in [0.15, 0.2) is 0 Å². The molecule has 0 aliphatic heterocycles. The van der Waals surface area contributed by atoms with Gasteiger partial charge in [-0.05, 0) is 30.2 Å². The van der Waals surface area contributed by atoms with Gasteiger partial charge in [0.2, 0.25) is 5.95 Å². The highest BCUT2D eigenvalue weighted by Crippen LogP contribution is 2.14. The number of rotatable bonds is 6. The number of hydrogen-bond donors (Lipinski definition) is 1. The molecule has 0 unspecified atom stereocenters. The van der Waals surface area contributed by atoms with E-state index in [-0.39, 0.29) is 0 Å². The molecule has 0 radical (unpaired) electrons. The number of anilines is 2. The van der Waals surface area contributed by atoms with Crippen LogP contribution in [-0.2, 0) is 6.54 Å². The summed E-state index contributed by atoms with van der Waals surface area (Å²) in [5.74, 6) is 1.50. The molecule has 0 amide bonds. The van der Waals surface area contributed by atoms with Gasteiger partial charge in [-0.3, -0.25) is 0 Å². The summed E-state index contributed by atoms with van der Waals surface area (Å²) in [5, 5.41) is 12.1. The van der Waals surface area contributed by atoms with Gasteiger partial charge in [-0.25, -0.2) is 4.98 Å². The van der Waals surface area contributed by atoms with Crippen molar-refractivity contribution in [2.24, 2.45) is 0 Å². The molecule has 1 heterocycles. The Kier molecular flexibility index (Phi) is 5.10. The quantitative estimate of drug-likeness (QED) is 0.882. The smallest absolute Gasteiger partial charge is 0.224 e. The summed E-state index contributed by atoms with van der Waals surface area (Å²) < 4.78 is 0. The van der Waals surface area contributed by atoms with Crippen LogP contribution in [0.25, 0.3) is 0 Å². The normalized spacial score (nSPS) is 9.95. The zero-order chi connectivity index (χ0) is 15.1. The molecule has 0 aliphatic rings. The van der Waals surface area contributed by atoms with E-state index in [0.717, 1.165) is 24.3 Å². The summed E-state index contributed by atoms with van der Waals surface area (Å²) in [4.78, 5) is 10.7. The molecule has 0 bridgehead atoms. The minimum atomic E-state index is 0.645. The summed E-state index contributed by atoms with van der Waals surface area (Å²) in [5.41, 5.74) is 1.76. The molecule has 0 spiro atoms. The fraction of sp³-hybridized carbons (Fsp3) is 0.312. The highest BCUT2D eigenvalue weighted by Gasteiger charge is 2.06. The number of nitriles is 1. The fourth-order valence-corrected chi connectivity index (χ4v) is 1.98. The van der Waals surface area contributed by atoms with E-state index in [2.05, 4.69) is 28.3 Å². The van der Waals surface area contributed by atoms with Crippen molar-refractivity contribution in [2.75, 3.05) is 23.8 Å². The summed E-state index contributed by atoms with van der Waals surface area (Å²) in [6.07, 6.45) is 2.78. The largest absolute Gasteiger partial charge is 0.355 e. The van der Waals surface area contributed by atoms with Crippen LogP contribution >= 0.6 is 0 Å². The zero-order valence-corrected chi connectivity index (χ0v) is 12.4. The zero-order valence-electron chi connectivity index (χ0n) is 12.4. The molecule has 0 saturated heterocycles. The number of benzene rings is 1. The Morgan fingerprint density at radius 1 is 1.33 bits per heavy atom. The third-order valence-corrected chi connectivity index (χ3v) is 3.04. The number of nitrogens with one attached hydrogen (secondary N) is 1. The SMILES string of the molecule is CCCNc1nccc(N(C)Cc2cccc(C#N)c2)n1. The van der Waals surface area contributed by atoms with Crippen molar-refractivity contribution >= 4 is 11.8 Å². The Morgan fingerprint density at radius 2 is 2.19 bits per heavy atom. The average Bonchev–Trinajstić information content (AvgIpc) is 2.53. The number of nitrogens with zero attached hydrogens (tertiary/aromatic N) is 4. The molecule has 0 atom stereocenters. The lowest BCUT2D eigenvalue weighted by Crippen LogP contribution is -2.18. The van der Waals surface area contributed by atoms with Crippen LogP contribution in [0.15, 0.2) is 36.5 Å². The van der Waals surface area contributed by atoms with Gasteiger partial charge in [0.25, 0.3) is 0 Å². The third kappa shape index (κ3) is 4.18. The van der Waals surface area contributed by atoms with Gasteiger partial charge >= 0.3 is 0 Å². The van der Waals surface area contributed by atoms with Gasteiger partial charge in [-0.1, -0.05) is 19.1 Å². The Labute approximate surface area is 125 Å². The molecule has 108 valence electrons. The van der Waals surface area contributed by atoms with E-state index in [1.54, 1.807) is 12.3 Å². The van der Waals surface area contributed by atoms with E-state index in [9.17, 15) is 0 Å². The Morgan fingerprint density at radius 3 is 2.95 bits per heavy atom. The van der Waals surface area contributed by atoms with Crippen LogP contribution < -0.4 is 10.2 Å². The first-order valence-electron chi connectivity index (χ1n) is 7.00. The molecule has 5 heteroatoms. The molecule has 1 aromatic heterocycles. The van der Waals surface area contributed by atoms with Crippen LogP contribution in [0.3, 0.4) is 0 Å². The predicted octanol–water partition coefficient (Wildman–Crippen LogP) is 2.81. The summed E-state index contributed by atoms with van der Waals surface area (Å²) in [7, 11) is 1.98. The lowest BCUT2D eigenvalue weighted by atomic mass is 10.1. The number of hydrogen-bond acceptors (Lipinski definition) is 5. The monoisotopic (exact) mass is 281 g/mol. The molecule has 2 rings (SSSR count). The first kappa shape index (κ1) is 14.8. The van der Waals surface area contributed by atoms with Crippen LogP contribution in [0, 0.1) is 11.3 Å². The molecule has 21 heavy (non-hydrogen) atoms. The maximum atomic E-state index is 8.94. The second kappa shape index (κ2) is 7.25. The maximum Gasteiger partial charge on any atom is 0.224 e. The van der Waals surface area contributed by atoms with E-state index in [4.69, 9.17) is 5.26 Å². The van der Waals surface area contributed by atoms with Gasteiger partial charge in [0.05, 0.1) is 11.6 Å². The van der Waals surface area contributed by atoms with Crippen molar-refractivity contribution < 1.29 is 0 Å². The van der Waals surface area contributed by atoms with Crippen LogP contribution in [0.5, 0.6) is 0 Å². The van der Waals surface area contributed by atoms with E-state index in [0.29, 0.717) is 18.1 Å². The molecule has 2 aromatic rings. The van der Waals surface area contributed by atoms with Crippen molar-refractivity contribution in [1.29, 1.82) is 5.26 Å². The molecule has 1 aromatic carbocycles. The van der Waals surface area contributed by atoms with Gasteiger partial charge in [0.1, 0.15) is 5.82 Å². The van der Waals surface area contributed by atoms with Crippen LogP contribution in [-0.4, -0.2) is 23.6 Å². The molecule has 0 aliphatic carbocycles. The van der Waals surface area contributed by atoms with E-state index >= 15 is 0 Å². The van der Waals surface area contributed by atoms with Gasteiger partial charge in [-0.2, -0.15) is 10.2 Å². The van der Waals surface area contributed by atoms with Crippen LogP contribution in [0.2, 0.25) is 0 Å². The Bertz CT molecular complexity index is 633. The molecular formula is C16H19N5. The topological polar surface area (TPSA) is 64.8 Å². The number of aromatic nitrogens is 2. The minimum Gasteiger partial charge on any atom is -0.355 e. The highest BCUT2D eigenvalue weighted by molar-refractivity contribution is 5.43. The molecule has 1 N–H and O–H groups in total. The lowest BCUT2D eigenvalue weighted by molar-refractivity contribution is 0.884. The van der Waals surface area contributed by atoms with E-state index < -0.39 is 0 Å². The minimum absolute atomic E-state index is 0.645. The Balaban J connectivity index is 2.09. The van der Waals surface area contributed by atoms with E-state index in [1.807, 2.05) is 36.2 Å². The van der Waals surface area contributed by atoms with Crippen molar-refractivity contribution in [2.45, 2.75) is 19.9 Å². The lowest BCUT2D eigenvalue weighted by Gasteiger charge is -2.18. The maximum absolute atomic E-state index is 8.94. The van der Waals surface area contributed by atoms with Crippen LogP contribution in [0.1, 0.15) is 24.5 Å². The average molecular weight is 281 g/mol. The molecule has 0 fully saturated rings. The second-order valence-corrected chi connectivity index (χ2v) is 4.83. The van der Waals surface area contributed by atoms with Gasteiger partial charge < -0.3 is 10.2 Å². The summed E-state index contributed by atoms with van der Waals surface area (Å²) >= 11 is 0. The van der Waals surface area contributed by atoms with Crippen molar-refractivity contribution in [3.05, 3.63) is 47.7 Å². The molecular weight excluding hydrogens is 262 g/mol.